The van der Waals surface area contributed by atoms with Crippen molar-refractivity contribution in [3.05, 3.63) is 27.7 Å². The van der Waals surface area contributed by atoms with Gasteiger partial charge in [0.05, 0.1) is 17.5 Å². The lowest BCUT2D eigenvalue weighted by Crippen LogP contribution is -2.13. The van der Waals surface area contributed by atoms with Crippen LogP contribution in [-0.2, 0) is 11.2 Å². The third-order valence-electron chi connectivity index (χ3n) is 2.34. The van der Waals surface area contributed by atoms with E-state index in [0.29, 0.717) is 0 Å². The molecule has 1 rings (SSSR count). The fourth-order valence-electron chi connectivity index (χ4n) is 1.38. The van der Waals surface area contributed by atoms with E-state index in [0.717, 1.165) is 7.11 Å². The summed E-state index contributed by atoms with van der Waals surface area (Å²) in [5, 5.41) is 8.75. The molecule has 0 bridgehead atoms. The molecule has 1 unspecified atom stereocenters. The van der Waals surface area contributed by atoms with Gasteiger partial charge in [0.2, 0.25) is 0 Å². The van der Waals surface area contributed by atoms with E-state index in [2.05, 4.69) is 20.7 Å². The molecule has 0 aliphatic carbocycles. The minimum atomic E-state index is -1.04. The first-order chi connectivity index (χ1) is 7.88. The zero-order valence-corrected chi connectivity index (χ0v) is 10.8. The second kappa shape index (κ2) is 5.44. The monoisotopic (exact) mass is 308 g/mol. The molecule has 0 aliphatic rings. The van der Waals surface area contributed by atoms with Crippen molar-refractivity contribution in [3.63, 3.8) is 0 Å². The number of methoxy groups -OCH3 is 1. The average molecular weight is 309 g/mol. The number of benzene rings is 1. The van der Waals surface area contributed by atoms with Gasteiger partial charge in [-0.05, 0) is 34.0 Å². The van der Waals surface area contributed by atoms with E-state index >= 15 is 0 Å². The van der Waals surface area contributed by atoms with Gasteiger partial charge in [-0.15, -0.1) is 0 Å². The standard InChI is InChI=1S/C11H11BrF2O3/c1-5(11(15)16)3-6-4-7(12)9(14)10(17-2)8(6)13/h4-5H,3H2,1-2H3,(H,15,16). The van der Waals surface area contributed by atoms with Crippen molar-refractivity contribution in [2.24, 2.45) is 5.92 Å². The lowest BCUT2D eigenvalue weighted by molar-refractivity contribution is -0.141. The van der Waals surface area contributed by atoms with Gasteiger partial charge in [0.25, 0.3) is 0 Å². The van der Waals surface area contributed by atoms with Crippen molar-refractivity contribution >= 4 is 21.9 Å². The van der Waals surface area contributed by atoms with Crippen molar-refractivity contribution in [1.82, 2.24) is 0 Å². The Morgan fingerprint density at radius 1 is 1.53 bits per heavy atom. The van der Waals surface area contributed by atoms with Gasteiger partial charge >= 0.3 is 5.97 Å². The Balaban J connectivity index is 3.17. The normalized spacial score (nSPS) is 12.3. The number of halogens is 3. The van der Waals surface area contributed by atoms with E-state index in [-0.39, 0.29) is 16.5 Å². The van der Waals surface area contributed by atoms with Crippen LogP contribution in [0.1, 0.15) is 12.5 Å². The van der Waals surface area contributed by atoms with Gasteiger partial charge < -0.3 is 9.84 Å². The molecular weight excluding hydrogens is 298 g/mol. The van der Waals surface area contributed by atoms with E-state index < -0.39 is 29.3 Å². The van der Waals surface area contributed by atoms with Crippen molar-refractivity contribution in [2.45, 2.75) is 13.3 Å². The van der Waals surface area contributed by atoms with Gasteiger partial charge in [-0.2, -0.15) is 0 Å². The number of carboxylic acid groups (broad SMARTS) is 1. The second-order valence-corrected chi connectivity index (χ2v) is 4.48. The van der Waals surface area contributed by atoms with E-state index in [1.807, 2.05) is 0 Å². The maximum Gasteiger partial charge on any atom is 0.306 e. The van der Waals surface area contributed by atoms with Crippen LogP contribution in [0.2, 0.25) is 0 Å². The lowest BCUT2D eigenvalue weighted by Gasteiger charge is -2.12. The average Bonchev–Trinajstić information content (AvgIpc) is 2.26. The predicted molar refractivity (Wildman–Crippen MR) is 61.1 cm³/mol. The summed E-state index contributed by atoms with van der Waals surface area (Å²) in [6, 6.07) is 1.23. The van der Waals surface area contributed by atoms with Gasteiger partial charge in [-0.1, -0.05) is 6.92 Å². The summed E-state index contributed by atoms with van der Waals surface area (Å²) in [5.41, 5.74) is 0.102. The van der Waals surface area contributed by atoms with Crippen molar-refractivity contribution in [3.8, 4) is 5.75 Å². The van der Waals surface area contributed by atoms with E-state index in [1.54, 1.807) is 0 Å². The van der Waals surface area contributed by atoms with E-state index in [9.17, 15) is 13.6 Å². The van der Waals surface area contributed by atoms with Crippen LogP contribution in [0, 0.1) is 17.6 Å². The molecule has 0 heterocycles. The third-order valence-corrected chi connectivity index (χ3v) is 2.92. The molecular formula is C11H11BrF2O3. The zero-order chi connectivity index (χ0) is 13.2. The topological polar surface area (TPSA) is 46.5 Å². The molecule has 1 aromatic carbocycles. The highest BCUT2D eigenvalue weighted by atomic mass is 79.9. The first-order valence-electron chi connectivity index (χ1n) is 4.81. The Labute approximate surface area is 106 Å². The van der Waals surface area contributed by atoms with Crippen LogP contribution in [0.3, 0.4) is 0 Å². The zero-order valence-electron chi connectivity index (χ0n) is 9.26. The van der Waals surface area contributed by atoms with Crippen LogP contribution >= 0.6 is 15.9 Å². The molecule has 0 fully saturated rings. The molecule has 6 heteroatoms. The Kier molecular flexibility index (Phi) is 4.45. The number of aliphatic carboxylic acids is 1. The molecule has 1 N–H and O–H groups in total. The quantitative estimate of drug-likeness (QED) is 0.870. The largest absolute Gasteiger partial charge is 0.491 e. The number of hydrogen-bond acceptors (Lipinski definition) is 2. The van der Waals surface area contributed by atoms with Gasteiger partial charge in [0, 0.05) is 0 Å². The first kappa shape index (κ1) is 13.9. The lowest BCUT2D eigenvalue weighted by atomic mass is 10.0. The number of ether oxygens (including phenoxy) is 1. The Bertz CT molecular complexity index is 449. The molecule has 1 atom stereocenters. The van der Waals surface area contributed by atoms with Crippen LogP contribution in [-0.4, -0.2) is 18.2 Å². The fraction of sp³-hybridized carbons (Fsp3) is 0.364. The third kappa shape index (κ3) is 2.94. The molecule has 0 spiro atoms. The minimum absolute atomic E-state index is 0.0313. The Hall–Kier alpha value is -1.17. The van der Waals surface area contributed by atoms with E-state index in [4.69, 9.17) is 5.11 Å². The molecule has 17 heavy (non-hydrogen) atoms. The molecule has 0 saturated carbocycles. The van der Waals surface area contributed by atoms with E-state index in [1.165, 1.54) is 13.0 Å². The van der Waals surface area contributed by atoms with Gasteiger partial charge in [-0.3, -0.25) is 4.79 Å². The predicted octanol–water partition coefficient (Wildman–Crippen LogP) is 3.00. The highest BCUT2D eigenvalue weighted by molar-refractivity contribution is 9.10. The molecule has 3 nitrogen and oxygen atoms in total. The van der Waals surface area contributed by atoms with Crippen LogP contribution in [0.15, 0.2) is 10.5 Å². The molecule has 0 amide bonds. The SMILES string of the molecule is COc1c(F)c(Br)cc(CC(C)C(=O)O)c1F. The molecule has 0 saturated heterocycles. The van der Waals surface area contributed by atoms with Crippen LogP contribution < -0.4 is 4.74 Å². The van der Waals surface area contributed by atoms with Crippen LogP contribution in [0.5, 0.6) is 5.75 Å². The maximum atomic E-state index is 13.8. The van der Waals surface area contributed by atoms with Crippen LogP contribution in [0.4, 0.5) is 8.78 Å². The van der Waals surface area contributed by atoms with Crippen molar-refractivity contribution < 1.29 is 23.4 Å². The number of carbonyl (C=O) groups is 1. The number of rotatable bonds is 4. The summed E-state index contributed by atoms with van der Waals surface area (Å²) in [6.07, 6.45) is -0.0313. The van der Waals surface area contributed by atoms with Crippen LogP contribution in [0.25, 0.3) is 0 Å². The summed E-state index contributed by atoms with van der Waals surface area (Å²) in [7, 11) is 1.15. The number of carboxylic acids is 1. The summed E-state index contributed by atoms with van der Waals surface area (Å²) in [4.78, 5) is 10.7. The van der Waals surface area contributed by atoms with Crippen molar-refractivity contribution in [1.29, 1.82) is 0 Å². The van der Waals surface area contributed by atoms with Crippen molar-refractivity contribution in [2.75, 3.05) is 7.11 Å². The first-order valence-corrected chi connectivity index (χ1v) is 5.61. The molecule has 0 aliphatic heterocycles. The minimum Gasteiger partial charge on any atom is -0.491 e. The Morgan fingerprint density at radius 3 is 2.59 bits per heavy atom. The highest BCUT2D eigenvalue weighted by Gasteiger charge is 2.21. The van der Waals surface area contributed by atoms with Gasteiger partial charge in [0.15, 0.2) is 17.4 Å². The Morgan fingerprint density at radius 2 is 2.12 bits per heavy atom. The second-order valence-electron chi connectivity index (χ2n) is 3.62. The molecule has 1 aromatic rings. The summed E-state index contributed by atoms with van der Waals surface area (Å²) in [6.45, 7) is 1.45. The number of hydrogen-bond donors (Lipinski definition) is 1. The maximum absolute atomic E-state index is 13.8. The smallest absolute Gasteiger partial charge is 0.306 e. The molecule has 0 radical (unpaired) electrons. The summed E-state index contributed by atoms with van der Waals surface area (Å²) >= 11 is 2.93. The summed E-state index contributed by atoms with van der Waals surface area (Å²) < 4.78 is 31.8. The molecule has 0 aromatic heterocycles. The summed E-state index contributed by atoms with van der Waals surface area (Å²) in [5.74, 6) is -4.00. The van der Waals surface area contributed by atoms with Gasteiger partial charge in [0.1, 0.15) is 0 Å². The van der Waals surface area contributed by atoms with Gasteiger partial charge in [-0.25, -0.2) is 8.78 Å². The highest BCUT2D eigenvalue weighted by Crippen LogP contribution is 2.31. The molecule has 94 valence electrons. The fourth-order valence-corrected chi connectivity index (χ4v) is 1.83.